The molecule has 0 spiro atoms. The van der Waals surface area contributed by atoms with Gasteiger partial charge in [0.05, 0.1) is 6.61 Å². The van der Waals surface area contributed by atoms with Crippen LogP contribution in [0.25, 0.3) is 0 Å². The number of ether oxygens (including phenoxy) is 1. The van der Waals surface area contributed by atoms with E-state index in [1.807, 2.05) is 0 Å². The molecule has 0 fully saturated rings. The molecule has 0 saturated carbocycles. The second-order valence-electron chi connectivity index (χ2n) is 5.46. The third-order valence-corrected chi connectivity index (χ3v) is 3.99. The van der Waals surface area contributed by atoms with Crippen molar-refractivity contribution in [3.05, 3.63) is 59.3 Å². The molecule has 0 amide bonds. The van der Waals surface area contributed by atoms with Crippen molar-refractivity contribution >= 4 is 11.8 Å². The zero-order chi connectivity index (χ0) is 16.1. The summed E-state index contributed by atoms with van der Waals surface area (Å²) in [5.74, 6) is 0.218. The maximum absolute atomic E-state index is 12.0. The number of aromatic nitrogens is 1. The minimum Gasteiger partial charge on any atom is -0.462 e. The first-order valence-electron chi connectivity index (χ1n) is 7.96. The lowest BCUT2D eigenvalue weighted by Crippen LogP contribution is -2.34. The van der Waals surface area contributed by atoms with E-state index >= 15 is 0 Å². The van der Waals surface area contributed by atoms with Crippen molar-refractivity contribution in [3.8, 4) is 0 Å². The molecule has 23 heavy (non-hydrogen) atoms. The Morgan fingerprint density at radius 2 is 2.22 bits per heavy atom. The molecule has 1 aliphatic rings. The van der Waals surface area contributed by atoms with Crippen LogP contribution in [0, 0.1) is 0 Å². The molecule has 1 aromatic carbocycles. The van der Waals surface area contributed by atoms with Crippen LogP contribution in [0.3, 0.4) is 0 Å². The van der Waals surface area contributed by atoms with Crippen LogP contribution in [0.5, 0.6) is 0 Å². The van der Waals surface area contributed by atoms with E-state index in [1.54, 1.807) is 25.3 Å². The highest BCUT2D eigenvalue weighted by molar-refractivity contribution is 5.94. The molecular formula is C18H21N3O2. The number of carbonyl (C=O) groups is 1. The van der Waals surface area contributed by atoms with Gasteiger partial charge >= 0.3 is 5.97 Å². The number of anilines is 1. The van der Waals surface area contributed by atoms with Gasteiger partial charge in [0, 0.05) is 18.8 Å². The third-order valence-electron chi connectivity index (χ3n) is 3.99. The molecule has 2 aromatic rings. The summed E-state index contributed by atoms with van der Waals surface area (Å²) in [5.41, 5.74) is 3.16. The standard InChI is InChI=1S/C18H21N3O2/c1-2-23-18(22)15-8-5-10-20-17(15)21-12-16-14-7-4-3-6-13(14)9-11-19-16/h3-8,10,16,19H,2,9,11-12H2,1H3,(H,20,21). The number of fused-ring (bicyclic) bond motifs is 1. The SMILES string of the molecule is CCOC(=O)c1cccnc1NCC1NCCc2ccccc21. The minimum absolute atomic E-state index is 0.206. The van der Waals surface area contributed by atoms with Crippen LogP contribution in [0.2, 0.25) is 0 Å². The first-order chi connectivity index (χ1) is 11.3. The van der Waals surface area contributed by atoms with Crippen LogP contribution in [0.15, 0.2) is 42.6 Å². The number of nitrogens with zero attached hydrogens (tertiary/aromatic N) is 1. The van der Waals surface area contributed by atoms with Gasteiger partial charge in [0.2, 0.25) is 0 Å². The summed E-state index contributed by atoms with van der Waals surface area (Å²) in [7, 11) is 0. The summed E-state index contributed by atoms with van der Waals surface area (Å²) in [5, 5.41) is 6.80. The molecule has 0 saturated heterocycles. The third kappa shape index (κ3) is 3.51. The van der Waals surface area contributed by atoms with Gasteiger partial charge in [-0.25, -0.2) is 9.78 Å². The maximum Gasteiger partial charge on any atom is 0.341 e. The molecule has 2 N–H and O–H groups in total. The molecular weight excluding hydrogens is 290 g/mol. The molecule has 3 rings (SSSR count). The number of rotatable bonds is 5. The predicted molar refractivity (Wildman–Crippen MR) is 89.6 cm³/mol. The average molecular weight is 311 g/mol. The summed E-state index contributed by atoms with van der Waals surface area (Å²) in [4.78, 5) is 16.3. The number of nitrogens with one attached hydrogen (secondary N) is 2. The Bertz CT molecular complexity index is 687. The summed E-state index contributed by atoms with van der Waals surface area (Å²) in [6.07, 6.45) is 2.72. The first kappa shape index (κ1) is 15.5. The molecule has 0 radical (unpaired) electrons. The van der Waals surface area contributed by atoms with Crippen LogP contribution < -0.4 is 10.6 Å². The number of esters is 1. The van der Waals surface area contributed by atoms with Crippen molar-refractivity contribution in [1.29, 1.82) is 0 Å². The lowest BCUT2D eigenvalue weighted by Gasteiger charge is -2.27. The second-order valence-corrected chi connectivity index (χ2v) is 5.46. The zero-order valence-electron chi connectivity index (χ0n) is 13.2. The fourth-order valence-electron chi connectivity index (χ4n) is 2.89. The van der Waals surface area contributed by atoms with Crippen LogP contribution in [0.1, 0.15) is 34.5 Å². The fourth-order valence-corrected chi connectivity index (χ4v) is 2.89. The summed E-state index contributed by atoms with van der Waals surface area (Å²) in [6.45, 7) is 3.77. The summed E-state index contributed by atoms with van der Waals surface area (Å²) >= 11 is 0. The topological polar surface area (TPSA) is 63.2 Å². The average Bonchev–Trinajstić information content (AvgIpc) is 2.60. The largest absolute Gasteiger partial charge is 0.462 e. The second kappa shape index (κ2) is 7.24. The van der Waals surface area contributed by atoms with Gasteiger partial charge in [-0.3, -0.25) is 0 Å². The van der Waals surface area contributed by atoms with Crippen molar-refractivity contribution in [2.75, 3.05) is 25.0 Å². The molecule has 5 nitrogen and oxygen atoms in total. The van der Waals surface area contributed by atoms with Gasteiger partial charge in [0.25, 0.3) is 0 Å². The lowest BCUT2D eigenvalue weighted by atomic mass is 9.94. The highest BCUT2D eigenvalue weighted by Crippen LogP contribution is 2.23. The number of carbonyl (C=O) groups excluding carboxylic acids is 1. The van der Waals surface area contributed by atoms with Crippen LogP contribution >= 0.6 is 0 Å². The normalized spacial score (nSPS) is 16.5. The zero-order valence-corrected chi connectivity index (χ0v) is 13.2. The molecule has 1 aromatic heterocycles. The van der Waals surface area contributed by atoms with E-state index in [0.717, 1.165) is 13.0 Å². The monoisotopic (exact) mass is 311 g/mol. The molecule has 2 heterocycles. The van der Waals surface area contributed by atoms with E-state index in [-0.39, 0.29) is 12.0 Å². The molecule has 1 atom stereocenters. The van der Waals surface area contributed by atoms with Gasteiger partial charge in [0.15, 0.2) is 0 Å². The number of hydrogen-bond acceptors (Lipinski definition) is 5. The van der Waals surface area contributed by atoms with Crippen molar-refractivity contribution in [3.63, 3.8) is 0 Å². The van der Waals surface area contributed by atoms with Gasteiger partial charge in [0.1, 0.15) is 11.4 Å². The molecule has 1 unspecified atom stereocenters. The molecule has 1 aliphatic heterocycles. The van der Waals surface area contributed by atoms with E-state index in [9.17, 15) is 4.79 Å². The maximum atomic E-state index is 12.0. The summed E-state index contributed by atoms with van der Waals surface area (Å²) in [6, 6.07) is 12.1. The number of hydrogen-bond donors (Lipinski definition) is 2. The Morgan fingerprint density at radius 1 is 1.35 bits per heavy atom. The quantitative estimate of drug-likeness (QED) is 0.831. The Morgan fingerprint density at radius 3 is 3.09 bits per heavy atom. The fraction of sp³-hybridized carbons (Fsp3) is 0.333. The Hall–Kier alpha value is -2.40. The van der Waals surface area contributed by atoms with Crippen molar-refractivity contribution < 1.29 is 9.53 Å². The highest BCUT2D eigenvalue weighted by Gasteiger charge is 2.20. The van der Waals surface area contributed by atoms with Gasteiger partial charge in [-0.15, -0.1) is 0 Å². The molecule has 0 aliphatic carbocycles. The smallest absolute Gasteiger partial charge is 0.341 e. The van der Waals surface area contributed by atoms with E-state index in [4.69, 9.17) is 4.74 Å². The first-order valence-corrected chi connectivity index (χ1v) is 7.96. The van der Waals surface area contributed by atoms with Crippen molar-refractivity contribution in [2.45, 2.75) is 19.4 Å². The van der Waals surface area contributed by atoms with Crippen LogP contribution in [-0.4, -0.2) is 30.6 Å². The van der Waals surface area contributed by atoms with E-state index < -0.39 is 0 Å². The Labute approximate surface area is 136 Å². The van der Waals surface area contributed by atoms with Crippen LogP contribution in [0.4, 0.5) is 5.82 Å². The van der Waals surface area contributed by atoms with Gasteiger partial charge in [-0.2, -0.15) is 0 Å². The Kier molecular flexibility index (Phi) is 4.88. The van der Waals surface area contributed by atoms with Crippen molar-refractivity contribution in [1.82, 2.24) is 10.3 Å². The Balaban J connectivity index is 1.74. The van der Waals surface area contributed by atoms with E-state index in [1.165, 1.54) is 11.1 Å². The number of pyridine rings is 1. The molecule has 120 valence electrons. The predicted octanol–water partition coefficient (Wildman–Crippen LogP) is 2.56. The number of benzene rings is 1. The molecule has 0 bridgehead atoms. The van der Waals surface area contributed by atoms with Gasteiger partial charge in [-0.05, 0) is 43.1 Å². The van der Waals surface area contributed by atoms with Gasteiger partial charge < -0.3 is 15.4 Å². The van der Waals surface area contributed by atoms with Crippen molar-refractivity contribution in [2.24, 2.45) is 0 Å². The van der Waals surface area contributed by atoms with E-state index in [2.05, 4.69) is 39.9 Å². The van der Waals surface area contributed by atoms with Crippen LogP contribution in [-0.2, 0) is 11.2 Å². The van der Waals surface area contributed by atoms with Gasteiger partial charge in [-0.1, -0.05) is 24.3 Å². The summed E-state index contributed by atoms with van der Waals surface area (Å²) < 4.78 is 5.08. The lowest BCUT2D eigenvalue weighted by molar-refractivity contribution is 0.0527. The highest BCUT2D eigenvalue weighted by atomic mass is 16.5. The van der Waals surface area contributed by atoms with E-state index in [0.29, 0.717) is 24.5 Å². The minimum atomic E-state index is -0.347. The molecule has 5 heteroatoms.